The second-order valence-electron chi connectivity index (χ2n) is 11.7. The molecule has 4 aromatic carbocycles. The third kappa shape index (κ3) is 11.7. The molecule has 0 spiro atoms. The van der Waals surface area contributed by atoms with Gasteiger partial charge in [0.1, 0.15) is 6.61 Å². The van der Waals surface area contributed by atoms with Gasteiger partial charge in [-0.25, -0.2) is 9.59 Å². The number of aliphatic hydroxyl groups is 1. The monoisotopic (exact) mass is 657 g/mol. The summed E-state index contributed by atoms with van der Waals surface area (Å²) in [6, 6.07) is 29.5. The summed E-state index contributed by atoms with van der Waals surface area (Å²) in [5, 5.41) is 16.9. The lowest BCUT2D eigenvalue weighted by atomic mass is 10.0. The first kappa shape index (κ1) is 36.5. The summed E-state index contributed by atoms with van der Waals surface area (Å²) in [4.78, 5) is 38.1. The molecule has 0 bridgehead atoms. The zero-order chi connectivity index (χ0) is 34.0. The van der Waals surface area contributed by atoms with Crippen LogP contribution in [0.5, 0.6) is 0 Å². The summed E-state index contributed by atoms with van der Waals surface area (Å²) in [5.74, 6) is -2.25. The van der Waals surface area contributed by atoms with Crippen molar-refractivity contribution in [1.29, 1.82) is 0 Å². The fraction of sp³-hybridized carbons (Fsp3) is 0.410. The van der Waals surface area contributed by atoms with Gasteiger partial charge < -0.3 is 29.4 Å². The van der Waals surface area contributed by atoms with Crippen LogP contribution >= 0.6 is 0 Å². The lowest BCUT2D eigenvalue weighted by molar-refractivity contribution is -0.183. The van der Waals surface area contributed by atoms with E-state index in [1.54, 1.807) is 6.92 Å². The second kappa shape index (κ2) is 20.1. The Kier molecular flexibility index (Phi) is 15.3. The van der Waals surface area contributed by atoms with Crippen molar-refractivity contribution in [3.8, 4) is 0 Å². The van der Waals surface area contributed by atoms with Gasteiger partial charge in [0.15, 0.2) is 19.0 Å². The van der Waals surface area contributed by atoms with E-state index >= 15 is 0 Å². The molecule has 9 nitrogen and oxygen atoms in total. The van der Waals surface area contributed by atoms with Crippen LogP contribution in [0.15, 0.2) is 84.9 Å². The van der Waals surface area contributed by atoms with Crippen LogP contribution in [-0.4, -0.2) is 68.3 Å². The molecule has 0 aromatic heterocycles. The zero-order valence-electron chi connectivity index (χ0n) is 27.7. The van der Waals surface area contributed by atoms with Crippen molar-refractivity contribution in [2.24, 2.45) is 0 Å². The molecule has 1 amide bonds. The van der Waals surface area contributed by atoms with E-state index in [2.05, 4.69) is 66.0 Å². The Balaban J connectivity index is 1.27. The summed E-state index contributed by atoms with van der Waals surface area (Å²) in [7, 11) is 0. The normalized spacial score (nSPS) is 12.5. The number of carbonyl (C=O) groups is 3. The van der Waals surface area contributed by atoms with Crippen molar-refractivity contribution in [3.05, 3.63) is 96.1 Å². The third-order valence-corrected chi connectivity index (χ3v) is 8.13. The Morgan fingerprint density at radius 3 is 1.83 bits per heavy atom. The molecule has 0 fully saturated rings. The highest BCUT2D eigenvalue weighted by Crippen LogP contribution is 2.19. The Bertz CT molecular complexity index is 1610. The number of ether oxygens (including phenoxy) is 4. The number of aryl methyl sites for hydroxylation is 2. The Hall–Kier alpha value is -4.31. The van der Waals surface area contributed by atoms with Gasteiger partial charge in [-0.2, -0.15) is 0 Å². The molecule has 0 aliphatic carbocycles. The molecule has 2 atom stereocenters. The van der Waals surface area contributed by atoms with Crippen LogP contribution in [0.2, 0.25) is 0 Å². The highest BCUT2D eigenvalue weighted by Gasteiger charge is 2.37. The van der Waals surface area contributed by atoms with Gasteiger partial charge in [-0.1, -0.05) is 97.8 Å². The summed E-state index contributed by atoms with van der Waals surface area (Å²) in [6.07, 6.45) is 3.89. The molecular weight excluding hydrogens is 610 g/mol. The van der Waals surface area contributed by atoms with Crippen LogP contribution < -0.4 is 5.32 Å². The van der Waals surface area contributed by atoms with Crippen LogP contribution in [0.1, 0.15) is 56.6 Å². The number of carbonyl (C=O) groups excluding carboxylic acids is 3. The van der Waals surface area contributed by atoms with E-state index in [4.69, 9.17) is 18.9 Å². The van der Waals surface area contributed by atoms with Gasteiger partial charge in [-0.05, 0) is 78.1 Å². The van der Waals surface area contributed by atoms with Crippen molar-refractivity contribution in [3.63, 3.8) is 0 Å². The average Bonchev–Trinajstić information content (AvgIpc) is 3.10. The predicted molar refractivity (Wildman–Crippen MR) is 185 cm³/mol. The maximum absolute atomic E-state index is 13.4. The molecule has 9 heteroatoms. The van der Waals surface area contributed by atoms with Crippen LogP contribution in [0.3, 0.4) is 0 Å². The quantitative estimate of drug-likeness (QED) is 0.0631. The van der Waals surface area contributed by atoms with Gasteiger partial charge in [-0.3, -0.25) is 4.79 Å². The number of fused-ring (bicyclic) bond motifs is 2. The fourth-order valence-corrected chi connectivity index (χ4v) is 5.64. The molecule has 0 aliphatic heterocycles. The Morgan fingerprint density at radius 1 is 0.667 bits per heavy atom. The van der Waals surface area contributed by atoms with Crippen LogP contribution in [0.4, 0.5) is 0 Å². The molecular formula is C39H47NO8. The molecule has 2 N–H and O–H groups in total. The van der Waals surface area contributed by atoms with Crippen LogP contribution in [0.25, 0.3) is 21.5 Å². The minimum Gasteiger partial charge on any atom is -0.464 e. The largest absolute Gasteiger partial charge is 0.464 e. The molecule has 48 heavy (non-hydrogen) atoms. The molecule has 0 aliphatic rings. The van der Waals surface area contributed by atoms with E-state index in [9.17, 15) is 19.5 Å². The van der Waals surface area contributed by atoms with E-state index in [0.717, 1.165) is 44.9 Å². The van der Waals surface area contributed by atoms with Crippen molar-refractivity contribution in [1.82, 2.24) is 5.32 Å². The number of amides is 1. The molecule has 4 rings (SSSR count). The van der Waals surface area contributed by atoms with Gasteiger partial charge in [0.25, 0.3) is 5.91 Å². The van der Waals surface area contributed by atoms with Gasteiger partial charge in [0, 0.05) is 13.2 Å². The topological polar surface area (TPSA) is 120 Å². The number of esters is 2. The first-order chi connectivity index (χ1) is 23.5. The van der Waals surface area contributed by atoms with Crippen molar-refractivity contribution >= 4 is 39.4 Å². The summed E-state index contributed by atoms with van der Waals surface area (Å²) in [6.45, 7) is 0.866. The molecule has 4 aromatic rings. The smallest absolute Gasteiger partial charge is 0.340 e. The highest BCUT2D eigenvalue weighted by atomic mass is 16.6. The zero-order valence-corrected chi connectivity index (χ0v) is 27.7. The van der Waals surface area contributed by atoms with Crippen LogP contribution in [-0.2, 0) is 46.2 Å². The van der Waals surface area contributed by atoms with E-state index in [-0.39, 0.29) is 13.2 Å². The molecule has 2 unspecified atom stereocenters. The summed E-state index contributed by atoms with van der Waals surface area (Å²) < 4.78 is 21.1. The molecule has 0 heterocycles. The van der Waals surface area contributed by atoms with Crippen molar-refractivity contribution < 1.29 is 38.4 Å². The minimum atomic E-state index is -1.56. The lowest BCUT2D eigenvalue weighted by Crippen LogP contribution is -2.50. The first-order valence-corrected chi connectivity index (χ1v) is 16.9. The number of benzene rings is 4. The second-order valence-corrected chi connectivity index (χ2v) is 11.7. The number of nitrogens with one attached hydrogen (secondary N) is 1. The van der Waals surface area contributed by atoms with E-state index in [1.807, 2.05) is 24.3 Å². The van der Waals surface area contributed by atoms with Gasteiger partial charge in [-0.15, -0.1) is 0 Å². The molecule has 0 saturated carbocycles. The van der Waals surface area contributed by atoms with E-state index in [1.165, 1.54) is 32.7 Å². The SMILES string of the molecule is CCOC(=O)COC(C(=O)OCO)C(OCCCCCc1ccc2ccccc2c1)C(=O)NCCCCCc1ccc2ccccc2c1. The first-order valence-electron chi connectivity index (χ1n) is 16.9. The van der Waals surface area contributed by atoms with Crippen molar-refractivity contribution in [2.45, 2.75) is 70.5 Å². The average molecular weight is 658 g/mol. The number of hydrogen-bond donors (Lipinski definition) is 2. The van der Waals surface area contributed by atoms with Gasteiger partial charge >= 0.3 is 11.9 Å². The minimum absolute atomic E-state index is 0.133. The number of hydrogen-bond acceptors (Lipinski definition) is 8. The predicted octanol–water partition coefficient (Wildman–Crippen LogP) is 6.06. The van der Waals surface area contributed by atoms with E-state index in [0.29, 0.717) is 13.0 Å². The lowest BCUT2D eigenvalue weighted by Gasteiger charge is -2.25. The Morgan fingerprint density at radius 2 is 1.25 bits per heavy atom. The maximum Gasteiger partial charge on any atom is 0.340 e. The van der Waals surface area contributed by atoms with Gasteiger partial charge in [0.05, 0.1) is 6.61 Å². The number of aliphatic hydroxyl groups excluding tert-OH is 1. The Labute approximate surface area is 282 Å². The van der Waals surface area contributed by atoms with Crippen molar-refractivity contribution in [2.75, 3.05) is 33.2 Å². The summed E-state index contributed by atoms with van der Waals surface area (Å²) in [5.41, 5.74) is 2.52. The maximum atomic E-state index is 13.4. The molecule has 0 saturated heterocycles. The number of unbranched alkanes of at least 4 members (excludes halogenated alkanes) is 4. The van der Waals surface area contributed by atoms with Gasteiger partial charge in [0.2, 0.25) is 0 Å². The molecule has 0 radical (unpaired) electrons. The fourth-order valence-electron chi connectivity index (χ4n) is 5.64. The standard InChI is InChI=1S/C39H47NO8/c1-2-45-35(42)27-47-37(39(44)48-28-41)36(46-24-12-4-6-14-30-20-22-32-16-8-10-18-34(32)26-30)38(43)40-23-11-3-5-13-29-19-21-31-15-7-9-17-33(31)25-29/h7-10,15-22,25-26,36-37,41H,2-6,11-14,23-24,27-28H2,1H3,(H,40,43). The van der Waals surface area contributed by atoms with E-state index < -0.39 is 43.5 Å². The highest BCUT2D eigenvalue weighted by molar-refractivity contribution is 5.89. The molecule has 256 valence electrons. The van der Waals surface area contributed by atoms with Crippen LogP contribution in [0, 0.1) is 0 Å². The number of rotatable bonds is 21. The summed E-state index contributed by atoms with van der Waals surface area (Å²) >= 11 is 0. The third-order valence-electron chi connectivity index (χ3n) is 8.13.